The van der Waals surface area contributed by atoms with Gasteiger partial charge in [0.05, 0.1) is 27.9 Å². The first-order valence-electron chi connectivity index (χ1n) is 9.03. The minimum absolute atomic E-state index is 0.0225. The molecule has 4 rings (SSSR count). The molecule has 150 valence electrons. The summed E-state index contributed by atoms with van der Waals surface area (Å²) in [5.41, 5.74) is 2.03. The number of sulfonamides is 1. The number of benzene rings is 3. The highest BCUT2D eigenvalue weighted by atomic mass is 35.5. The Bertz CT molecular complexity index is 1280. The summed E-state index contributed by atoms with van der Waals surface area (Å²) >= 11 is 6.20. The van der Waals surface area contributed by atoms with Crippen LogP contribution in [0.2, 0.25) is 5.02 Å². The molecule has 0 N–H and O–H groups in total. The molecule has 0 unspecified atom stereocenters. The number of hydrogen-bond acceptors (Lipinski definition) is 5. The number of nitriles is 1. The van der Waals surface area contributed by atoms with Crippen molar-refractivity contribution in [1.29, 1.82) is 5.26 Å². The van der Waals surface area contributed by atoms with Crippen LogP contribution in [0.15, 0.2) is 71.6 Å². The molecule has 0 fully saturated rings. The summed E-state index contributed by atoms with van der Waals surface area (Å²) in [7, 11) is -3.96. The van der Waals surface area contributed by atoms with Crippen LogP contribution in [-0.2, 0) is 16.4 Å². The van der Waals surface area contributed by atoms with Crippen molar-refractivity contribution >= 4 is 33.3 Å². The van der Waals surface area contributed by atoms with Gasteiger partial charge in [-0.3, -0.25) is 4.31 Å². The van der Waals surface area contributed by atoms with Crippen LogP contribution >= 0.6 is 11.6 Å². The van der Waals surface area contributed by atoms with E-state index in [2.05, 4.69) is 0 Å². The van der Waals surface area contributed by atoms with Gasteiger partial charge in [-0.1, -0.05) is 29.8 Å². The standard InChI is InChI=1S/C22H15ClN2O4S/c23-19-10-7-17(22(26)29-18-8-5-15(14-24)6-9-18)13-21(19)30(27,28)25-12-11-16-3-1-2-4-20(16)25/h1-10,13H,11-12H2. The molecular weight excluding hydrogens is 424 g/mol. The van der Waals surface area contributed by atoms with Gasteiger partial charge in [0.15, 0.2) is 0 Å². The first-order valence-corrected chi connectivity index (χ1v) is 10.8. The Morgan fingerprint density at radius 2 is 1.80 bits per heavy atom. The van der Waals surface area contributed by atoms with E-state index in [0.29, 0.717) is 24.2 Å². The molecule has 0 aliphatic carbocycles. The van der Waals surface area contributed by atoms with Crippen LogP contribution in [0.25, 0.3) is 0 Å². The van der Waals surface area contributed by atoms with Gasteiger partial charge >= 0.3 is 5.97 Å². The number of halogens is 1. The zero-order valence-corrected chi connectivity index (χ0v) is 17.2. The molecule has 0 saturated carbocycles. The predicted molar refractivity (Wildman–Crippen MR) is 112 cm³/mol. The number of esters is 1. The lowest BCUT2D eigenvalue weighted by Gasteiger charge is -2.20. The summed E-state index contributed by atoms with van der Waals surface area (Å²) in [6.07, 6.45) is 0.605. The maximum Gasteiger partial charge on any atom is 0.343 e. The van der Waals surface area contributed by atoms with Gasteiger partial charge < -0.3 is 4.74 Å². The maximum atomic E-state index is 13.3. The number of anilines is 1. The number of carbonyl (C=O) groups excluding carboxylic acids is 1. The highest BCUT2D eigenvalue weighted by molar-refractivity contribution is 7.93. The van der Waals surface area contributed by atoms with E-state index in [4.69, 9.17) is 21.6 Å². The van der Waals surface area contributed by atoms with Crippen molar-refractivity contribution in [1.82, 2.24) is 0 Å². The Morgan fingerprint density at radius 3 is 2.53 bits per heavy atom. The zero-order valence-electron chi connectivity index (χ0n) is 15.6. The zero-order chi connectivity index (χ0) is 21.3. The van der Waals surface area contributed by atoms with Gasteiger partial charge in [0.1, 0.15) is 10.6 Å². The first kappa shape index (κ1) is 20.0. The van der Waals surface area contributed by atoms with Gasteiger partial charge in [0, 0.05) is 6.54 Å². The maximum absolute atomic E-state index is 13.3. The monoisotopic (exact) mass is 438 g/mol. The summed E-state index contributed by atoms with van der Waals surface area (Å²) in [4.78, 5) is 12.4. The fraction of sp³-hybridized carbons (Fsp3) is 0.0909. The third-order valence-corrected chi connectivity index (χ3v) is 7.07. The second-order valence-electron chi connectivity index (χ2n) is 6.63. The van der Waals surface area contributed by atoms with Crippen LogP contribution in [0.4, 0.5) is 5.69 Å². The van der Waals surface area contributed by atoms with E-state index < -0.39 is 16.0 Å². The fourth-order valence-corrected chi connectivity index (χ4v) is 5.27. The minimum atomic E-state index is -3.96. The van der Waals surface area contributed by atoms with Gasteiger partial charge in [-0.25, -0.2) is 13.2 Å². The van der Waals surface area contributed by atoms with Crippen molar-refractivity contribution in [3.8, 4) is 11.8 Å². The van der Waals surface area contributed by atoms with Crippen LogP contribution in [0, 0.1) is 11.3 Å². The van der Waals surface area contributed by atoms with Crippen LogP contribution in [0.5, 0.6) is 5.75 Å². The molecule has 1 aliphatic rings. The summed E-state index contributed by atoms with van der Waals surface area (Å²) in [5.74, 6) is -0.485. The van der Waals surface area contributed by atoms with E-state index in [9.17, 15) is 13.2 Å². The lowest BCUT2D eigenvalue weighted by atomic mass is 10.2. The smallest absolute Gasteiger partial charge is 0.343 e. The molecule has 0 aromatic heterocycles. The van der Waals surface area contributed by atoms with E-state index >= 15 is 0 Å². The number of ether oxygens (including phenoxy) is 1. The van der Waals surface area contributed by atoms with Gasteiger partial charge in [0.2, 0.25) is 0 Å². The molecule has 3 aromatic rings. The average molecular weight is 439 g/mol. The number of fused-ring (bicyclic) bond motifs is 1. The number of rotatable bonds is 4. The summed E-state index contributed by atoms with van der Waals surface area (Å²) < 4.78 is 33.2. The van der Waals surface area contributed by atoms with Crippen LogP contribution in [0.3, 0.4) is 0 Å². The normalized spacial score (nSPS) is 12.9. The van der Waals surface area contributed by atoms with Crippen LogP contribution in [-0.4, -0.2) is 20.9 Å². The fourth-order valence-electron chi connectivity index (χ4n) is 3.27. The van der Waals surface area contributed by atoms with E-state index in [1.54, 1.807) is 12.1 Å². The number of carbonyl (C=O) groups is 1. The molecule has 8 heteroatoms. The van der Waals surface area contributed by atoms with Gasteiger partial charge in [0.25, 0.3) is 10.0 Å². The van der Waals surface area contributed by atoms with Crippen molar-refractivity contribution in [3.05, 3.63) is 88.4 Å². The van der Waals surface area contributed by atoms with Crippen molar-refractivity contribution in [3.63, 3.8) is 0 Å². The van der Waals surface area contributed by atoms with E-state index in [1.165, 1.54) is 46.8 Å². The Labute approximate surface area is 178 Å². The molecule has 30 heavy (non-hydrogen) atoms. The molecule has 6 nitrogen and oxygen atoms in total. The topological polar surface area (TPSA) is 87.5 Å². The van der Waals surface area contributed by atoms with Gasteiger partial charge in [-0.05, 0) is 60.5 Å². The molecule has 0 atom stereocenters. The van der Waals surface area contributed by atoms with Crippen molar-refractivity contribution in [2.75, 3.05) is 10.8 Å². The molecule has 1 heterocycles. The summed E-state index contributed by atoms with van der Waals surface area (Å²) in [5, 5.41) is 8.86. The number of nitrogens with zero attached hydrogens (tertiary/aromatic N) is 2. The lowest BCUT2D eigenvalue weighted by molar-refractivity contribution is 0.0734. The Balaban J connectivity index is 1.65. The van der Waals surface area contributed by atoms with Gasteiger partial charge in [-0.2, -0.15) is 5.26 Å². The number of hydrogen-bond donors (Lipinski definition) is 0. The van der Waals surface area contributed by atoms with Crippen molar-refractivity contribution < 1.29 is 17.9 Å². The van der Waals surface area contributed by atoms with Crippen molar-refractivity contribution in [2.24, 2.45) is 0 Å². The highest BCUT2D eigenvalue weighted by Gasteiger charge is 2.32. The first-order chi connectivity index (χ1) is 14.4. The minimum Gasteiger partial charge on any atom is -0.423 e. The molecule has 0 radical (unpaired) electrons. The second kappa shape index (κ2) is 7.82. The second-order valence-corrected chi connectivity index (χ2v) is 8.86. The molecule has 0 spiro atoms. The van der Waals surface area contributed by atoms with E-state index in [-0.39, 0.29) is 21.2 Å². The lowest BCUT2D eigenvalue weighted by Crippen LogP contribution is -2.29. The largest absolute Gasteiger partial charge is 0.423 e. The molecule has 0 saturated heterocycles. The summed E-state index contributed by atoms with van der Waals surface area (Å²) in [6, 6.07) is 19.3. The SMILES string of the molecule is N#Cc1ccc(OC(=O)c2ccc(Cl)c(S(=O)(=O)N3CCc4ccccc43)c2)cc1. The third kappa shape index (κ3) is 3.63. The molecule has 3 aromatic carbocycles. The quantitative estimate of drug-likeness (QED) is 0.450. The molecular formula is C22H15ClN2O4S. The Hall–Kier alpha value is -3.34. The van der Waals surface area contributed by atoms with E-state index in [0.717, 1.165) is 5.56 Å². The summed E-state index contributed by atoms with van der Waals surface area (Å²) in [6.45, 7) is 0.303. The number of para-hydroxylation sites is 1. The Kier molecular flexibility index (Phi) is 5.20. The van der Waals surface area contributed by atoms with E-state index in [1.807, 2.05) is 18.2 Å². The molecule has 0 bridgehead atoms. The average Bonchev–Trinajstić information content (AvgIpc) is 3.19. The van der Waals surface area contributed by atoms with Gasteiger partial charge in [-0.15, -0.1) is 0 Å². The van der Waals surface area contributed by atoms with Crippen LogP contribution < -0.4 is 9.04 Å². The molecule has 0 amide bonds. The molecule has 1 aliphatic heterocycles. The van der Waals surface area contributed by atoms with Crippen molar-refractivity contribution in [2.45, 2.75) is 11.3 Å². The Morgan fingerprint density at radius 1 is 1.07 bits per heavy atom. The third-order valence-electron chi connectivity index (χ3n) is 4.77. The predicted octanol–water partition coefficient (Wildman–Crippen LogP) is 4.18. The van der Waals surface area contributed by atoms with Crippen LogP contribution in [0.1, 0.15) is 21.5 Å². The highest BCUT2D eigenvalue weighted by Crippen LogP contribution is 2.35.